The third-order valence-electron chi connectivity index (χ3n) is 7.70. The van der Waals surface area contributed by atoms with E-state index in [-0.39, 0.29) is 11.8 Å². The van der Waals surface area contributed by atoms with Crippen LogP contribution in [0.4, 0.5) is 22.9 Å². The van der Waals surface area contributed by atoms with Gasteiger partial charge in [-0.3, -0.25) is 4.79 Å². The van der Waals surface area contributed by atoms with Crippen LogP contribution in [-0.4, -0.2) is 49.9 Å². The summed E-state index contributed by atoms with van der Waals surface area (Å²) in [6, 6.07) is 10.4. The first-order chi connectivity index (χ1) is 16.3. The van der Waals surface area contributed by atoms with Crippen molar-refractivity contribution in [1.82, 2.24) is 4.98 Å². The molecule has 1 amide bonds. The van der Waals surface area contributed by atoms with Crippen molar-refractivity contribution in [2.45, 2.75) is 44.8 Å². The number of hydrogen-bond acceptors (Lipinski definition) is 6. The largest absolute Gasteiger partial charge is 0.378 e. The van der Waals surface area contributed by atoms with Crippen molar-refractivity contribution in [2.24, 2.45) is 11.8 Å². The average molecular weight is 449 g/mol. The van der Waals surface area contributed by atoms with Crippen LogP contribution in [0, 0.1) is 11.8 Å². The summed E-state index contributed by atoms with van der Waals surface area (Å²) in [4.78, 5) is 23.0. The number of aromatic nitrogens is 1. The van der Waals surface area contributed by atoms with Crippen molar-refractivity contribution in [3.63, 3.8) is 0 Å². The molecular weight excluding hydrogens is 416 g/mol. The first kappa shape index (κ1) is 20.9. The van der Waals surface area contributed by atoms with Crippen LogP contribution >= 0.6 is 0 Å². The van der Waals surface area contributed by atoms with E-state index in [1.165, 1.54) is 6.42 Å². The van der Waals surface area contributed by atoms with Gasteiger partial charge in [0.05, 0.1) is 37.2 Å². The molecule has 0 radical (unpaired) electrons. The van der Waals surface area contributed by atoms with E-state index in [0.29, 0.717) is 18.6 Å². The summed E-state index contributed by atoms with van der Waals surface area (Å²) in [5, 5.41) is 3.50. The van der Waals surface area contributed by atoms with Crippen molar-refractivity contribution in [1.29, 1.82) is 0 Å². The number of morpholine rings is 1. The van der Waals surface area contributed by atoms with E-state index in [0.717, 1.165) is 87.0 Å². The van der Waals surface area contributed by atoms with E-state index in [2.05, 4.69) is 39.5 Å². The Hall–Kier alpha value is -2.64. The molecule has 1 N–H and O–H groups in total. The van der Waals surface area contributed by atoms with Crippen molar-refractivity contribution < 1.29 is 14.3 Å². The molecule has 3 atom stereocenters. The fourth-order valence-corrected chi connectivity index (χ4v) is 5.91. The van der Waals surface area contributed by atoms with Crippen LogP contribution in [0.3, 0.4) is 0 Å². The number of benzene rings is 1. The van der Waals surface area contributed by atoms with E-state index in [9.17, 15) is 4.79 Å². The average Bonchev–Trinajstić information content (AvgIpc) is 3.05. The van der Waals surface area contributed by atoms with Crippen LogP contribution in [0.25, 0.3) is 0 Å². The van der Waals surface area contributed by atoms with Gasteiger partial charge < -0.3 is 24.6 Å². The maximum Gasteiger partial charge on any atom is 0.230 e. The van der Waals surface area contributed by atoms with Crippen LogP contribution in [-0.2, 0) is 20.8 Å². The molecule has 6 rings (SSSR count). The number of pyridine rings is 1. The Morgan fingerprint density at radius 2 is 2.00 bits per heavy atom. The van der Waals surface area contributed by atoms with Crippen molar-refractivity contribution in [3.8, 4) is 0 Å². The molecule has 7 heteroatoms. The summed E-state index contributed by atoms with van der Waals surface area (Å²) in [5.41, 5.74) is 4.07. The Morgan fingerprint density at radius 1 is 1.09 bits per heavy atom. The van der Waals surface area contributed by atoms with Gasteiger partial charge in [-0.05, 0) is 62.3 Å². The lowest BCUT2D eigenvalue weighted by Crippen LogP contribution is -2.42. The van der Waals surface area contributed by atoms with Crippen LogP contribution in [0.1, 0.15) is 37.7 Å². The molecule has 2 aromatic rings. The van der Waals surface area contributed by atoms with Crippen molar-refractivity contribution >= 4 is 28.8 Å². The van der Waals surface area contributed by atoms with Crippen LogP contribution in [0.5, 0.6) is 0 Å². The third-order valence-corrected chi connectivity index (χ3v) is 7.70. The molecule has 7 nitrogen and oxygen atoms in total. The van der Waals surface area contributed by atoms with Gasteiger partial charge in [-0.2, -0.15) is 0 Å². The van der Waals surface area contributed by atoms with Gasteiger partial charge in [0.25, 0.3) is 0 Å². The Morgan fingerprint density at radius 3 is 2.91 bits per heavy atom. The molecule has 1 aromatic heterocycles. The lowest BCUT2D eigenvalue weighted by molar-refractivity contribution is -0.127. The number of carbonyl (C=O) groups is 1. The fourth-order valence-electron chi connectivity index (χ4n) is 5.91. The van der Waals surface area contributed by atoms with E-state index in [1.807, 2.05) is 11.0 Å². The molecule has 0 bridgehead atoms. The highest BCUT2D eigenvalue weighted by molar-refractivity contribution is 6.00. The molecule has 1 aliphatic carbocycles. The summed E-state index contributed by atoms with van der Waals surface area (Å²) in [7, 11) is 0. The SMILES string of the molecule is O=C([C@H]1CC[C@H]2OCCC[C@H]2C1)N1Cc2cccnc2Nc2ccc(N3CCOCC3)cc21. The minimum absolute atomic E-state index is 0.0473. The first-order valence-corrected chi connectivity index (χ1v) is 12.4. The molecule has 2 saturated heterocycles. The summed E-state index contributed by atoms with van der Waals surface area (Å²) in [6.07, 6.45) is 7.27. The molecule has 4 heterocycles. The summed E-state index contributed by atoms with van der Waals surface area (Å²) >= 11 is 0. The highest BCUT2D eigenvalue weighted by atomic mass is 16.5. The number of hydrogen-bond donors (Lipinski definition) is 1. The molecule has 3 fully saturated rings. The second-order valence-corrected chi connectivity index (χ2v) is 9.68. The summed E-state index contributed by atoms with van der Waals surface area (Å²) < 4.78 is 11.5. The van der Waals surface area contributed by atoms with E-state index < -0.39 is 0 Å². The van der Waals surface area contributed by atoms with Crippen molar-refractivity contribution in [3.05, 3.63) is 42.1 Å². The smallest absolute Gasteiger partial charge is 0.230 e. The third kappa shape index (κ3) is 4.08. The van der Waals surface area contributed by atoms with Gasteiger partial charge in [0.2, 0.25) is 5.91 Å². The number of fused-ring (bicyclic) bond motifs is 3. The van der Waals surface area contributed by atoms with Gasteiger partial charge in [0.15, 0.2) is 0 Å². The standard InChI is InChI=1S/C26H32N4O3/c31-26(19-5-8-24-18(15-19)4-2-12-33-24)30-17-20-3-1-9-27-25(20)28-22-7-6-21(16-23(22)30)29-10-13-32-14-11-29/h1,3,6-7,9,16,18-19,24H,2,4-5,8,10-15,17H2,(H,27,28)/t18-,19-,24+/m0/s1. The van der Waals surface area contributed by atoms with Gasteiger partial charge in [-0.15, -0.1) is 0 Å². The Labute approximate surface area is 195 Å². The number of nitrogens with zero attached hydrogens (tertiary/aromatic N) is 3. The van der Waals surface area contributed by atoms with E-state index >= 15 is 0 Å². The van der Waals surface area contributed by atoms with Crippen molar-refractivity contribution in [2.75, 3.05) is 48.0 Å². The Kier molecular flexibility index (Phi) is 5.68. The number of amides is 1. The first-order valence-electron chi connectivity index (χ1n) is 12.4. The minimum Gasteiger partial charge on any atom is -0.378 e. The number of ether oxygens (including phenoxy) is 2. The van der Waals surface area contributed by atoms with Gasteiger partial charge in [-0.25, -0.2) is 4.98 Å². The molecule has 3 aliphatic heterocycles. The monoisotopic (exact) mass is 448 g/mol. The van der Waals surface area contributed by atoms with Gasteiger partial charge >= 0.3 is 0 Å². The predicted molar refractivity (Wildman–Crippen MR) is 128 cm³/mol. The second kappa shape index (κ2) is 8.95. The quantitative estimate of drug-likeness (QED) is 0.746. The highest BCUT2D eigenvalue weighted by Gasteiger charge is 2.38. The number of rotatable bonds is 2. The summed E-state index contributed by atoms with van der Waals surface area (Å²) in [6.45, 7) is 4.62. The highest BCUT2D eigenvalue weighted by Crippen LogP contribution is 2.42. The molecule has 33 heavy (non-hydrogen) atoms. The maximum absolute atomic E-state index is 14.0. The molecular formula is C26H32N4O3. The van der Waals surface area contributed by atoms with Crippen LogP contribution in [0.15, 0.2) is 36.5 Å². The minimum atomic E-state index is 0.0473. The predicted octanol–water partition coefficient (Wildman–Crippen LogP) is 4.10. The fraction of sp³-hybridized carbons (Fsp3) is 0.538. The van der Waals surface area contributed by atoms with E-state index in [4.69, 9.17) is 9.47 Å². The molecule has 1 saturated carbocycles. The maximum atomic E-state index is 14.0. The lowest BCUT2D eigenvalue weighted by atomic mass is 9.75. The number of nitrogens with one attached hydrogen (secondary N) is 1. The zero-order valence-corrected chi connectivity index (χ0v) is 19.0. The lowest BCUT2D eigenvalue weighted by Gasteiger charge is -2.40. The molecule has 0 unspecified atom stereocenters. The topological polar surface area (TPSA) is 66.9 Å². The van der Waals surface area contributed by atoms with Crippen LogP contribution < -0.4 is 15.1 Å². The number of carbonyl (C=O) groups excluding carboxylic acids is 1. The second-order valence-electron chi connectivity index (χ2n) is 9.68. The van der Waals surface area contributed by atoms with Gasteiger partial charge in [0, 0.05) is 43.1 Å². The number of anilines is 4. The zero-order valence-electron chi connectivity index (χ0n) is 19.0. The van der Waals surface area contributed by atoms with Crippen LogP contribution in [0.2, 0.25) is 0 Å². The Bertz CT molecular complexity index is 1020. The molecule has 1 aromatic carbocycles. The normalized spacial score (nSPS) is 27.0. The zero-order chi connectivity index (χ0) is 22.2. The molecule has 4 aliphatic rings. The van der Waals surface area contributed by atoms with E-state index in [1.54, 1.807) is 6.20 Å². The molecule has 174 valence electrons. The molecule has 0 spiro atoms. The van der Waals surface area contributed by atoms with Gasteiger partial charge in [-0.1, -0.05) is 6.07 Å². The summed E-state index contributed by atoms with van der Waals surface area (Å²) in [5.74, 6) is 1.63. The Balaban J connectivity index is 1.34. The van der Waals surface area contributed by atoms with Gasteiger partial charge in [0.1, 0.15) is 5.82 Å².